The largest absolute Gasteiger partial charge is 0.481 e. The maximum atomic E-state index is 12.4. The Hall–Kier alpha value is -1.88. The van der Waals surface area contributed by atoms with Crippen LogP contribution in [0.3, 0.4) is 0 Å². The van der Waals surface area contributed by atoms with E-state index in [9.17, 15) is 9.59 Å². The molecular formula is C16H17NO3S. The molecule has 2 heterocycles. The molecule has 4 nitrogen and oxygen atoms in total. The molecule has 0 aliphatic carbocycles. The van der Waals surface area contributed by atoms with E-state index in [2.05, 4.69) is 6.07 Å². The zero-order chi connectivity index (χ0) is 14.8. The van der Waals surface area contributed by atoms with Gasteiger partial charge in [0, 0.05) is 17.8 Å². The molecule has 1 N–H and O–H groups in total. The number of piperidine rings is 1. The first-order valence-electron chi connectivity index (χ1n) is 7.11. The van der Waals surface area contributed by atoms with Crippen molar-refractivity contribution in [3.8, 4) is 0 Å². The van der Waals surface area contributed by atoms with Crippen LogP contribution in [0.2, 0.25) is 0 Å². The zero-order valence-corrected chi connectivity index (χ0v) is 12.4. The third-order valence-electron chi connectivity index (χ3n) is 4.03. The van der Waals surface area contributed by atoms with Crippen molar-refractivity contribution in [1.29, 1.82) is 0 Å². The second-order valence-corrected chi connectivity index (χ2v) is 6.36. The summed E-state index contributed by atoms with van der Waals surface area (Å²) in [7, 11) is 0. The van der Waals surface area contributed by atoms with E-state index in [1.54, 1.807) is 16.2 Å². The highest BCUT2D eigenvalue weighted by Gasteiger charge is 2.28. The van der Waals surface area contributed by atoms with E-state index in [0.717, 1.165) is 17.4 Å². The number of amides is 1. The lowest BCUT2D eigenvalue weighted by Crippen LogP contribution is -2.42. The number of carboxylic acids is 1. The number of carboxylic acid groups (broad SMARTS) is 1. The number of nitrogens with zero attached hydrogens (tertiary/aromatic N) is 1. The van der Waals surface area contributed by atoms with Gasteiger partial charge in [-0.3, -0.25) is 9.59 Å². The van der Waals surface area contributed by atoms with Gasteiger partial charge in [-0.2, -0.15) is 0 Å². The Morgan fingerprint density at radius 1 is 1.33 bits per heavy atom. The number of aliphatic carboxylic acids is 1. The van der Waals surface area contributed by atoms with Crippen LogP contribution in [0.5, 0.6) is 0 Å². The number of fused-ring (bicyclic) bond motifs is 1. The van der Waals surface area contributed by atoms with Crippen molar-refractivity contribution in [3.63, 3.8) is 0 Å². The molecule has 1 fully saturated rings. The number of thiophene rings is 1. The van der Waals surface area contributed by atoms with E-state index >= 15 is 0 Å². The summed E-state index contributed by atoms with van der Waals surface area (Å²) in [5.74, 6) is -1.18. The van der Waals surface area contributed by atoms with E-state index in [4.69, 9.17) is 5.11 Å². The van der Waals surface area contributed by atoms with Crippen LogP contribution >= 0.6 is 11.3 Å². The van der Waals surface area contributed by atoms with Gasteiger partial charge in [0.15, 0.2) is 0 Å². The number of benzene rings is 1. The SMILES string of the molecule is O=C(O)C1CCCN(C(=O)Cc2csc3ccccc23)C1. The molecule has 0 spiro atoms. The van der Waals surface area contributed by atoms with Gasteiger partial charge in [-0.15, -0.1) is 11.3 Å². The topological polar surface area (TPSA) is 57.6 Å². The van der Waals surface area contributed by atoms with Gasteiger partial charge in [0.05, 0.1) is 12.3 Å². The normalized spacial score (nSPS) is 18.9. The molecule has 1 unspecified atom stereocenters. The van der Waals surface area contributed by atoms with Gasteiger partial charge in [0.25, 0.3) is 0 Å². The Labute approximate surface area is 127 Å². The maximum Gasteiger partial charge on any atom is 0.308 e. The number of carbonyl (C=O) groups is 2. The molecule has 3 rings (SSSR count). The fraction of sp³-hybridized carbons (Fsp3) is 0.375. The lowest BCUT2D eigenvalue weighted by Gasteiger charge is -2.30. The molecule has 0 bridgehead atoms. The highest BCUT2D eigenvalue weighted by Crippen LogP contribution is 2.27. The third kappa shape index (κ3) is 2.93. The molecule has 1 amide bonds. The van der Waals surface area contributed by atoms with Crippen molar-refractivity contribution in [2.24, 2.45) is 5.92 Å². The van der Waals surface area contributed by atoms with Crippen LogP contribution in [0, 0.1) is 5.92 Å². The lowest BCUT2D eigenvalue weighted by atomic mass is 9.97. The summed E-state index contributed by atoms with van der Waals surface area (Å²) < 4.78 is 1.18. The fourth-order valence-electron chi connectivity index (χ4n) is 2.85. The van der Waals surface area contributed by atoms with Crippen LogP contribution in [0.25, 0.3) is 10.1 Å². The van der Waals surface area contributed by atoms with Crippen molar-refractivity contribution in [1.82, 2.24) is 4.90 Å². The molecule has 1 atom stereocenters. The van der Waals surface area contributed by atoms with E-state index in [0.29, 0.717) is 25.9 Å². The number of likely N-dealkylation sites (tertiary alicyclic amines) is 1. The summed E-state index contributed by atoms with van der Waals surface area (Å²) in [4.78, 5) is 25.2. The van der Waals surface area contributed by atoms with Crippen molar-refractivity contribution >= 4 is 33.3 Å². The van der Waals surface area contributed by atoms with E-state index in [-0.39, 0.29) is 5.91 Å². The third-order valence-corrected chi connectivity index (χ3v) is 5.04. The van der Waals surface area contributed by atoms with E-state index in [1.807, 2.05) is 23.6 Å². The second-order valence-electron chi connectivity index (χ2n) is 5.45. The average molecular weight is 303 g/mol. The molecule has 2 aromatic rings. The monoisotopic (exact) mass is 303 g/mol. The van der Waals surface area contributed by atoms with Crippen molar-refractivity contribution in [2.45, 2.75) is 19.3 Å². The molecule has 1 saturated heterocycles. The predicted molar refractivity (Wildman–Crippen MR) is 82.5 cm³/mol. The second kappa shape index (κ2) is 5.85. The van der Waals surface area contributed by atoms with Gasteiger partial charge in [-0.25, -0.2) is 0 Å². The minimum Gasteiger partial charge on any atom is -0.481 e. The van der Waals surface area contributed by atoms with Gasteiger partial charge in [0.1, 0.15) is 0 Å². The minimum absolute atomic E-state index is 0.0319. The molecule has 0 radical (unpaired) electrons. The van der Waals surface area contributed by atoms with Gasteiger partial charge < -0.3 is 10.0 Å². The Balaban J connectivity index is 1.72. The van der Waals surface area contributed by atoms with Crippen molar-refractivity contribution < 1.29 is 14.7 Å². The summed E-state index contributed by atoms with van der Waals surface area (Å²) >= 11 is 1.64. The van der Waals surface area contributed by atoms with Gasteiger partial charge in [-0.1, -0.05) is 18.2 Å². The highest BCUT2D eigenvalue weighted by atomic mass is 32.1. The molecule has 1 aliphatic heterocycles. The van der Waals surface area contributed by atoms with Crippen LogP contribution in [0.4, 0.5) is 0 Å². The van der Waals surface area contributed by atoms with Crippen LogP contribution in [-0.2, 0) is 16.0 Å². The molecule has 21 heavy (non-hydrogen) atoms. The van der Waals surface area contributed by atoms with Gasteiger partial charge in [0.2, 0.25) is 5.91 Å². The summed E-state index contributed by atoms with van der Waals surface area (Å²) in [6, 6.07) is 8.05. The summed E-state index contributed by atoms with van der Waals surface area (Å²) in [5.41, 5.74) is 1.04. The van der Waals surface area contributed by atoms with Crippen LogP contribution in [-0.4, -0.2) is 35.0 Å². The smallest absolute Gasteiger partial charge is 0.308 e. The molecule has 1 aromatic heterocycles. The standard InChI is InChI=1S/C16H17NO3S/c18-15(17-7-3-4-11(9-17)16(19)20)8-12-10-21-14-6-2-1-5-13(12)14/h1-2,5-6,10-11H,3-4,7-9H2,(H,19,20). The highest BCUT2D eigenvalue weighted by molar-refractivity contribution is 7.17. The molecule has 1 aromatic carbocycles. The summed E-state index contributed by atoms with van der Waals surface area (Å²) in [5, 5.41) is 12.3. The molecule has 110 valence electrons. The predicted octanol–water partition coefficient (Wildman–Crippen LogP) is 2.77. The molecular weight excluding hydrogens is 286 g/mol. The average Bonchev–Trinajstić information content (AvgIpc) is 2.91. The Morgan fingerprint density at radius 3 is 2.95 bits per heavy atom. The lowest BCUT2D eigenvalue weighted by molar-refractivity contribution is -0.145. The molecule has 0 saturated carbocycles. The number of rotatable bonds is 3. The number of hydrogen-bond donors (Lipinski definition) is 1. The number of hydrogen-bond acceptors (Lipinski definition) is 3. The van der Waals surface area contributed by atoms with E-state index < -0.39 is 11.9 Å². The first-order valence-corrected chi connectivity index (χ1v) is 7.99. The van der Waals surface area contributed by atoms with E-state index in [1.165, 1.54) is 4.70 Å². The first-order chi connectivity index (χ1) is 10.1. The van der Waals surface area contributed by atoms with Crippen LogP contribution in [0.1, 0.15) is 18.4 Å². The summed E-state index contributed by atoms with van der Waals surface area (Å²) in [6.45, 7) is 1.01. The minimum atomic E-state index is -0.798. The first kappa shape index (κ1) is 14.1. The summed E-state index contributed by atoms with van der Waals surface area (Å²) in [6.07, 6.45) is 1.80. The Morgan fingerprint density at radius 2 is 2.14 bits per heavy atom. The molecule has 1 aliphatic rings. The number of carbonyl (C=O) groups excluding carboxylic acids is 1. The van der Waals surface area contributed by atoms with Crippen molar-refractivity contribution in [2.75, 3.05) is 13.1 Å². The zero-order valence-electron chi connectivity index (χ0n) is 11.6. The van der Waals surface area contributed by atoms with Crippen LogP contribution in [0.15, 0.2) is 29.6 Å². The Bertz CT molecular complexity index is 679. The van der Waals surface area contributed by atoms with Gasteiger partial charge in [-0.05, 0) is 35.2 Å². The maximum absolute atomic E-state index is 12.4. The van der Waals surface area contributed by atoms with Gasteiger partial charge >= 0.3 is 5.97 Å². The Kier molecular flexibility index (Phi) is 3.92. The van der Waals surface area contributed by atoms with Crippen molar-refractivity contribution in [3.05, 3.63) is 35.2 Å². The fourth-order valence-corrected chi connectivity index (χ4v) is 3.81. The quantitative estimate of drug-likeness (QED) is 0.948. The molecule has 5 heteroatoms. The van der Waals surface area contributed by atoms with Crippen LogP contribution < -0.4 is 0 Å².